The number of benzene rings is 1. The number of aromatic nitrogens is 2. The Morgan fingerprint density at radius 1 is 1.03 bits per heavy atom. The maximum Gasteiger partial charge on any atom is 0.223 e. The Kier molecular flexibility index (Phi) is 5.09. The van der Waals surface area contributed by atoms with Crippen molar-refractivity contribution in [3.8, 4) is 21.0 Å². The third kappa shape index (κ3) is 4.77. The van der Waals surface area contributed by atoms with Crippen LogP contribution in [0.1, 0.15) is 40.5 Å². The second-order valence-electron chi connectivity index (χ2n) is 9.20. The van der Waals surface area contributed by atoms with Gasteiger partial charge in [-0.05, 0) is 76.4 Å². The third-order valence-corrected chi connectivity index (χ3v) is 6.37. The summed E-state index contributed by atoms with van der Waals surface area (Å²) < 4.78 is 0. The average molecular weight is 408 g/mol. The van der Waals surface area contributed by atoms with E-state index >= 15 is 0 Å². The van der Waals surface area contributed by atoms with E-state index < -0.39 is 0 Å². The van der Waals surface area contributed by atoms with Gasteiger partial charge in [0.1, 0.15) is 0 Å². The molecule has 3 heterocycles. The molecule has 1 fully saturated rings. The fourth-order valence-electron chi connectivity index (χ4n) is 4.50. The summed E-state index contributed by atoms with van der Waals surface area (Å²) in [6, 6.07) is 14.5. The predicted octanol–water partition coefficient (Wildman–Crippen LogP) is 5.18. The molecule has 5 nitrogen and oxygen atoms in total. The smallest absolute Gasteiger partial charge is 0.223 e. The summed E-state index contributed by atoms with van der Waals surface area (Å²) in [5, 5.41) is 7.29. The Balaban J connectivity index is 1.54. The van der Waals surface area contributed by atoms with Crippen LogP contribution in [0.15, 0.2) is 48.7 Å². The minimum Gasteiger partial charge on any atom is -0.399 e. The first-order valence-corrected chi connectivity index (χ1v) is 10.9. The third-order valence-electron chi connectivity index (χ3n) is 5.21. The largest absolute Gasteiger partial charge is 0.399 e. The summed E-state index contributed by atoms with van der Waals surface area (Å²) >= 11 is 1.72. The maximum atomic E-state index is 5.93. The normalized spacial score (nSPS) is 18.5. The molecule has 2 aromatic heterocycles. The number of nitrogens with one attached hydrogen (secondary N) is 2. The highest BCUT2D eigenvalue weighted by molar-refractivity contribution is 7.18. The van der Waals surface area contributed by atoms with Gasteiger partial charge in [-0.1, -0.05) is 12.1 Å². The monoisotopic (exact) mass is 407 g/mol. The lowest BCUT2D eigenvalue weighted by Gasteiger charge is -2.46. The van der Waals surface area contributed by atoms with E-state index in [1.165, 1.54) is 4.88 Å². The van der Waals surface area contributed by atoms with Crippen LogP contribution in [0.25, 0.3) is 21.0 Å². The number of hydrogen-bond acceptors (Lipinski definition) is 6. The van der Waals surface area contributed by atoms with Crippen molar-refractivity contribution in [2.45, 2.75) is 57.7 Å². The molecule has 1 saturated heterocycles. The number of hydrogen-bond donors (Lipinski definition) is 3. The minimum absolute atomic E-state index is 0.0806. The van der Waals surface area contributed by atoms with Crippen LogP contribution in [0.3, 0.4) is 0 Å². The Morgan fingerprint density at radius 3 is 2.48 bits per heavy atom. The topological polar surface area (TPSA) is 75.9 Å². The lowest BCUT2D eigenvalue weighted by atomic mass is 9.80. The highest BCUT2D eigenvalue weighted by Crippen LogP contribution is 2.35. The van der Waals surface area contributed by atoms with Crippen LogP contribution in [0.4, 0.5) is 11.6 Å². The first-order chi connectivity index (χ1) is 13.7. The molecule has 0 amide bonds. The van der Waals surface area contributed by atoms with Crippen molar-refractivity contribution >= 4 is 23.0 Å². The van der Waals surface area contributed by atoms with Crippen LogP contribution in [0, 0.1) is 0 Å². The van der Waals surface area contributed by atoms with Crippen molar-refractivity contribution in [2.75, 3.05) is 11.1 Å². The van der Waals surface area contributed by atoms with E-state index in [-0.39, 0.29) is 11.1 Å². The van der Waals surface area contributed by atoms with Crippen molar-refractivity contribution in [2.24, 2.45) is 0 Å². The molecule has 4 N–H and O–H groups in total. The Bertz CT molecular complexity index is 992. The van der Waals surface area contributed by atoms with Crippen LogP contribution < -0.4 is 16.4 Å². The molecule has 3 aromatic rings. The molecule has 0 radical (unpaired) electrons. The fourth-order valence-corrected chi connectivity index (χ4v) is 5.47. The van der Waals surface area contributed by atoms with Gasteiger partial charge in [0.15, 0.2) is 0 Å². The minimum atomic E-state index is 0.0806. The average Bonchev–Trinajstić information content (AvgIpc) is 3.09. The molecule has 0 aliphatic carbocycles. The van der Waals surface area contributed by atoms with Crippen molar-refractivity contribution in [1.29, 1.82) is 0 Å². The lowest BCUT2D eigenvalue weighted by molar-refractivity contribution is 0.170. The predicted molar refractivity (Wildman–Crippen MR) is 123 cm³/mol. The number of thiophene rings is 1. The van der Waals surface area contributed by atoms with Crippen molar-refractivity contribution < 1.29 is 0 Å². The number of anilines is 2. The van der Waals surface area contributed by atoms with Gasteiger partial charge in [-0.15, -0.1) is 11.3 Å². The van der Waals surface area contributed by atoms with Crippen molar-refractivity contribution in [1.82, 2.24) is 15.3 Å². The summed E-state index contributed by atoms with van der Waals surface area (Å²) in [6.45, 7) is 9.01. The second-order valence-corrected chi connectivity index (χ2v) is 10.3. The summed E-state index contributed by atoms with van der Waals surface area (Å²) in [5.74, 6) is 0.694. The molecule has 0 spiro atoms. The molecule has 0 atom stereocenters. The van der Waals surface area contributed by atoms with Crippen molar-refractivity contribution in [3.05, 3.63) is 48.7 Å². The van der Waals surface area contributed by atoms with Crippen LogP contribution in [-0.4, -0.2) is 27.1 Å². The number of nitrogens with zero attached hydrogens (tertiary/aromatic N) is 2. The van der Waals surface area contributed by atoms with Crippen LogP contribution >= 0.6 is 11.3 Å². The molecule has 1 aromatic carbocycles. The van der Waals surface area contributed by atoms with E-state index in [0.717, 1.165) is 34.7 Å². The maximum absolute atomic E-state index is 5.93. The molecular formula is C23H29N5S. The van der Waals surface area contributed by atoms with E-state index in [2.05, 4.69) is 61.5 Å². The Hall–Kier alpha value is -2.44. The van der Waals surface area contributed by atoms with Gasteiger partial charge in [-0.2, -0.15) is 0 Å². The van der Waals surface area contributed by atoms with Gasteiger partial charge in [0.05, 0.1) is 10.6 Å². The SMILES string of the molecule is CC1(C)CC(Nc2nccc(-c3ccc(-c4cccc(N)c4)s3)n2)CC(C)(C)N1. The van der Waals surface area contributed by atoms with Crippen molar-refractivity contribution in [3.63, 3.8) is 0 Å². The van der Waals surface area contributed by atoms with E-state index in [1.807, 2.05) is 30.5 Å². The van der Waals surface area contributed by atoms with Gasteiger partial charge in [0.25, 0.3) is 0 Å². The van der Waals surface area contributed by atoms with Gasteiger partial charge < -0.3 is 16.4 Å². The van der Waals surface area contributed by atoms with Gasteiger partial charge >= 0.3 is 0 Å². The summed E-state index contributed by atoms with van der Waals surface area (Å²) in [5.41, 5.74) is 8.94. The molecule has 0 saturated carbocycles. The molecule has 4 rings (SSSR count). The number of nitrogens with two attached hydrogens (primary N) is 1. The molecule has 1 aliphatic heterocycles. The lowest BCUT2D eigenvalue weighted by Crippen LogP contribution is -2.60. The molecule has 6 heteroatoms. The highest BCUT2D eigenvalue weighted by atomic mass is 32.1. The number of nitrogen functional groups attached to an aromatic ring is 1. The number of piperidine rings is 1. The molecular weight excluding hydrogens is 378 g/mol. The fraction of sp³-hybridized carbons (Fsp3) is 0.391. The quantitative estimate of drug-likeness (QED) is 0.520. The molecule has 0 unspecified atom stereocenters. The molecule has 152 valence electrons. The first kappa shape index (κ1) is 19.9. The van der Waals surface area contributed by atoms with Crippen LogP contribution in [-0.2, 0) is 0 Å². The van der Waals surface area contributed by atoms with Gasteiger partial charge in [-0.3, -0.25) is 0 Å². The zero-order chi connectivity index (χ0) is 20.6. The molecule has 0 bridgehead atoms. The Morgan fingerprint density at radius 2 is 1.76 bits per heavy atom. The van der Waals surface area contributed by atoms with E-state index in [9.17, 15) is 0 Å². The van der Waals surface area contributed by atoms with E-state index in [4.69, 9.17) is 10.7 Å². The van der Waals surface area contributed by atoms with Gasteiger partial charge in [0, 0.05) is 33.9 Å². The molecule has 29 heavy (non-hydrogen) atoms. The van der Waals surface area contributed by atoms with E-state index in [1.54, 1.807) is 11.3 Å². The zero-order valence-corrected chi connectivity index (χ0v) is 18.3. The first-order valence-electron chi connectivity index (χ1n) is 10.0. The van der Waals surface area contributed by atoms with Crippen LogP contribution in [0.2, 0.25) is 0 Å². The zero-order valence-electron chi connectivity index (χ0n) is 17.5. The van der Waals surface area contributed by atoms with E-state index in [0.29, 0.717) is 12.0 Å². The molecule has 1 aliphatic rings. The number of rotatable bonds is 4. The standard InChI is InChI=1S/C23H29N5S/c1-22(2)13-17(14-23(3,4)28-22)26-21-25-11-10-18(27-21)20-9-8-19(29-20)15-6-5-7-16(24)12-15/h5-12,17,28H,13-14,24H2,1-4H3,(H,25,26,27). The summed E-state index contributed by atoms with van der Waals surface area (Å²) in [4.78, 5) is 11.6. The van der Waals surface area contributed by atoms with Gasteiger partial charge in [-0.25, -0.2) is 9.97 Å². The summed E-state index contributed by atoms with van der Waals surface area (Å²) in [7, 11) is 0. The summed E-state index contributed by atoms with van der Waals surface area (Å²) in [6.07, 6.45) is 3.90. The second kappa shape index (κ2) is 7.43. The van der Waals surface area contributed by atoms with Gasteiger partial charge in [0.2, 0.25) is 5.95 Å². The Labute approximate surface area is 176 Å². The highest BCUT2D eigenvalue weighted by Gasteiger charge is 2.37. The van der Waals surface area contributed by atoms with Crippen LogP contribution in [0.5, 0.6) is 0 Å².